The lowest BCUT2D eigenvalue weighted by atomic mass is 10.0. The average molecular weight is 362 g/mol. The number of carbonyl (C=O) groups is 1. The van der Waals surface area contributed by atoms with E-state index in [2.05, 4.69) is 6.92 Å². The number of carboxylic acids is 1. The zero-order valence-corrected chi connectivity index (χ0v) is 14.9. The zero-order valence-electron chi connectivity index (χ0n) is 14.9. The van der Waals surface area contributed by atoms with Gasteiger partial charge in [-0.2, -0.15) is 0 Å². The highest BCUT2D eigenvalue weighted by atomic mass is 19.1. The predicted octanol–water partition coefficient (Wildman–Crippen LogP) is 6.07. The van der Waals surface area contributed by atoms with Gasteiger partial charge >= 0.3 is 5.97 Å². The summed E-state index contributed by atoms with van der Waals surface area (Å²) in [6, 6.07) is 7.68. The van der Waals surface area contributed by atoms with Crippen LogP contribution in [0.15, 0.2) is 36.4 Å². The van der Waals surface area contributed by atoms with Crippen molar-refractivity contribution in [2.24, 2.45) is 0 Å². The van der Waals surface area contributed by atoms with Crippen LogP contribution in [-0.2, 0) is 0 Å². The fraction of sp³-hybridized carbons (Fsp3) is 0.381. The minimum atomic E-state index is -1.15. The van der Waals surface area contributed by atoms with Gasteiger partial charge in [-0.15, -0.1) is 0 Å². The second-order valence-corrected chi connectivity index (χ2v) is 6.26. The summed E-state index contributed by atoms with van der Waals surface area (Å²) in [7, 11) is 0. The molecule has 0 aromatic heterocycles. The van der Waals surface area contributed by atoms with Crippen LogP contribution >= 0.6 is 0 Å². The Morgan fingerprint density at radius 3 is 2.42 bits per heavy atom. The van der Waals surface area contributed by atoms with E-state index in [-0.39, 0.29) is 16.9 Å². The van der Waals surface area contributed by atoms with Gasteiger partial charge in [-0.25, -0.2) is 13.6 Å². The molecule has 0 bridgehead atoms. The molecule has 26 heavy (non-hydrogen) atoms. The Morgan fingerprint density at radius 1 is 1.00 bits per heavy atom. The highest BCUT2D eigenvalue weighted by Crippen LogP contribution is 2.29. The zero-order chi connectivity index (χ0) is 18.9. The molecule has 1 N–H and O–H groups in total. The van der Waals surface area contributed by atoms with Gasteiger partial charge in [0, 0.05) is 11.6 Å². The lowest BCUT2D eigenvalue weighted by molar-refractivity contribution is 0.0692. The molecule has 0 fully saturated rings. The van der Waals surface area contributed by atoms with E-state index in [1.165, 1.54) is 37.5 Å². The van der Waals surface area contributed by atoms with E-state index < -0.39 is 17.6 Å². The number of hydrogen-bond acceptors (Lipinski definition) is 2. The molecule has 0 saturated carbocycles. The first-order chi connectivity index (χ1) is 12.5. The van der Waals surface area contributed by atoms with E-state index in [1.807, 2.05) is 0 Å². The summed E-state index contributed by atoms with van der Waals surface area (Å²) in [5, 5.41) is 9.42. The molecule has 2 aromatic carbocycles. The van der Waals surface area contributed by atoms with Gasteiger partial charge in [0.2, 0.25) is 0 Å². The maximum absolute atomic E-state index is 13.9. The number of benzene rings is 2. The van der Waals surface area contributed by atoms with Gasteiger partial charge < -0.3 is 9.84 Å². The van der Waals surface area contributed by atoms with E-state index >= 15 is 0 Å². The number of halogens is 2. The minimum absolute atomic E-state index is 0.0304. The Kier molecular flexibility index (Phi) is 7.57. The molecule has 2 aromatic rings. The van der Waals surface area contributed by atoms with Crippen LogP contribution in [0.5, 0.6) is 5.75 Å². The third-order valence-corrected chi connectivity index (χ3v) is 4.21. The molecular weight excluding hydrogens is 338 g/mol. The van der Waals surface area contributed by atoms with Gasteiger partial charge in [-0.05, 0) is 36.2 Å². The fourth-order valence-corrected chi connectivity index (χ4v) is 2.78. The monoisotopic (exact) mass is 362 g/mol. The van der Waals surface area contributed by atoms with Crippen LogP contribution in [0.3, 0.4) is 0 Å². The molecule has 0 unspecified atom stereocenters. The standard InChI is InChI=1S/C21H24F2O3/c1-2-3-4-5-6-7-12-26-20-11-8-15(13-18(20)21(24)25)17-10-9-16(22)14-19(17)23/h8-11,13-14H,2-7,12H2,1H3,(H,24,25). The first-order valence-corrected chi connectivity index (χ1v) is 8.98. The molecule has 140 valence electrons. The number of rotatable bonds is 10. The van der Waals surface area contributed by atoms with Crippen LogP contribution in [0.1, 0.15) is 55.8 Å². The molecule has 0 amide bonds. The predicted molar refractivity (Wildman–Crippen MR) is 97.6 cm³/mol. The lowest BCUT2D eigenvalue weighted by Gasteiger charge is -2.11. The summed E-state index contributed by atoms with van der Waals surface area (Å²) in [5.41, 5.74) is 0.486. The van der Waals surface area contributed by atoms with E-state index in [1.54, 1.807) is 6.07 Å². The average Bonchev–Trinajstić information content (AvgIpc) is 2.61. The first kappa shape index (κ1) is 19.9. The topological polar surface area (TPSA) is 46.5 Å². The van der Waals surface area contributed by atoms with Gasteiger partial charge in [-0.1, -0.05) is 45.1 Å². The van der Waals surface area contributed by atoms with Crippen molar-refractivity contribution in [3.63, 3.8) is 0 Å². The maximum Gasteiger partial charge on any atom is 0.339 e. The molecule has 0 radical (unpaired) electrons. The molecule has 0 saturated heterocycles. The number of hydrogen-bond donors (Lipinski definition) is 1. The molecule has 0 atom stereocenters. The van der Waals surface area contributed by atoms with Crippen molar-refractivity contribution in [2.45, 2.75) is 45.4 Å². The molecule has 0 spiro atoms. The third-order valence-electron chi connectivity index (χ3n) is 4.21. The van der Waals surface area contributed by atoms with Crippen LogP contribution in [-0.4, -0.2) is 17.7 Å². The van der Waals surface area contributed by atoms with E-state index in [0.717, 1.165) is 31.4 Å². The molecule has 0 aliphatic carbocycles. The normalized spacial score (nSPS) is 10.7. The van der Waals surface area contributed by atoms with Crippen molar-refractivity contribution >= 4 is 5.97 Å². The Hall–Kier alpha value is -2.43. The molecule has 2 rings (SSSR count). The van der Waals surface area contributed by atoms with Crippen molar-refractivity contribution in [2.75, 3.05) is 6.61 Å². The van der Waals surface area contributed by atoms with Crippen LogP contribution in [0.25, 0.3) is 11.1 Å². The van der Waals surface area contributed by atoms with Crippen LogP contribution in [0.2, 0.25) is 0 Å². The Bertz CT molecular complexity index is 744. The van der Waals surface area contributed by atoms with Crippen molar-refractivity contribution in [3.8, 4) is 16.9 Å². The van der Waals surface area contributed by atoms with E-state index in [9.17, 15) is 18.7 Å². The Balaban J connectivity index is 2.05. The highest BCUT2D eigenvalue weighted by Gasteiger charge is 2.15. The number of aromatic carboxylic acids is 1. The van der Waals surface area contributed by atoms with Crippen molar-refractivity contribution in [1.82, 2.24) is 0 Å². The second kappa shape index (κ2) is 9.90. The lowest BCUT2D eigenvalue weighted by Crippen LogP contribution is -2.05. The van der Waals surface area contributed by atoms with Gasteiger partial charge in [-0.3, -0.25) is 0 Å². The molecule has 5 heteroatoms. The van der Waals surface area contributed by atoms with Crippen LogP contribution < -0.4 is 4.74 Å². The second-order valence-electron chi connectivity index (χ2n) is 6.26. The first-order valence-electron chi connectivity index (χ1n) is 8.98. The number of unbranched alkanes of at least 4 members (excludes halogenated alkanes) is 5. The van der Waals surface area contributed by atoms with Crippen LogP contribution in [0.4, 0.5) is 8.78 Å². The summed E-state index contributed by atoms with van der Waals surface area (Å²) in [4.78, 5) is 11.5. The highest BCUT2D eigenvalue weighted by molar-refractivity contribution is 5.92. The SMILES string of the molecule is CCCCCCCCOc1ccc(-c2ccc(F)cc2F)cc1C(=O)O. The van der Waals surface area contributed by atoms with Gasteiger partial charge in [0.1, 0.15) is 22.9 Å². The summed E-state index contributed by atoms with van der Waals surface area (Å²) < 4.78 is 32.6. The summed E-state index contributed by atoms with van der Waals surface area (Å²) in [6.45, 7) is 2.61. The van der Waals surface area contributed by atoms with Gasteiger partial charge in [0.25, 0.3) is 0 Å². The number of ether oxygens (including phenoxy) is 1. The maximum atomic E-state index is 13.9. The van der Waals surface area contributed by atoms with Gasteiger partial charge in [0.15, 0.2) is 0 Å². The largest absolute Gasteiger partial charge is 0.493 e. The van der Waals surface area contributed by atoms with E-state index in [0.29, 0.717) is 12.2 Å². The van der Waals surface area contributed by atoms with E-state index in [4.69, 9.17) is 4.74 Å². The van der Waals surface area contributed by atoms with Crippen molar-refractivity contribution in [1.29, 1.82) is 0 Å². The molecule has 0 aliphatic rings. The van der Waals surface area contributed by atoms with Crippen molar-refractivity contribution < 1.29 is 23.4 Å². The van der Waals surface area contributed by atoms with Crippen LogP contribution in [0, 0.1) is 11.6 Å². The smallest absolute Gasteiger partial charge is 0.339 e. The fourth-order valence-electron chi connectivity index (χ4n) is 2.78. The molecule has 0 heterocycles. The third kappa shape index (κ3) is 5.55. The van der Waals surface area contributed by atoms with Crippen molar-refractivity contribution in [3.05, 3.63) is 53.6 Å². The summed E-state index contributed by atoms with van der Waals surface area (Å²) in [6.07, 6.45) is 6.67. The quantitative estimate of drug-likeness (QED) is 0.522. The molecule has 0 aliphatic heterocycles. The number of carboxylic acid groups (broad SMARTS) is 1. The summed E-state index contributed by atoms with van der Waals surface area (Å²) in [5.74, 6) is -2.30. The Labute approximate surface area is 152 Å². The Morgan fingerprint density at radius 2 is 1.73 bits per heavy atom. The molecule has 3 nitrogen and oxygen atoms in total. The molecular formula is C21H24F2O3. The minimum Gasteiger partial charge on any atom is -0.493 e. The summed E-state index contributed by atoms with van der Waals surface area (Å²) >= 11 is 0. The van der Waals surface area contributed by atoms with Gasteiger partial charge in [0.05, 0.1) is 6.61 Å².